The van der Waals surface area contributed by atoms with Crippen molar-refractivity contribution in [2.24, 2.45) is 5.92 Å². The standard InChI is InChI=1S/C24H35N3O4S/c1-2-23(28)26-21-10-6-7-17-27(18-21)32(30,31)22-14-12-20(13-15-22)25-24(29)16-11-19-8-4-3-5-9-19/h2,12-15,19,21H,1,3-11,16-18H2,(H,25,29)(H,26,28). The molecule has 32 heavy (non-hydrogen) atoms. The molecule has 1 aromatic carbocycles. The molecule has 8 heteroatoms. The minimum absolute atomic E-state index is 0.0282. The van der Waals surface area contributed by atoms with E-state index in [4.69, 9.17) is 0 Å². The molecule has 1 atom stereocenters. The molecule has 3 rings (SSSR count). The van der Waals surface area contributed by atoms with E-state index < -0.39 is 10.0 Å². The number of carbonyl (C=O) groups excluding carboxylic acids is 2. The average Bonchev–Trinajstić information content (AvgIpc) is 3.05. The van der Waals surface area contributed by atoms with Gasteiger partial charge in [0, 0.05) is 31.2 Å². The number of sulfonamides is 1. The van der Waals surface area contributed by atoms with E-state index in [0.717, 1.165) is 25.7 Å². The van der Waals surface area contributed by atoms with Crippen LogP contribution in [0, 0.1) is 5.92 Å². The fourth-order valence-corrected chi connectivity index (χ4v) is 6.12. The minimum atomic E-state index is -3.69. The van der Waals surface area contributed by atoms with E-state index in [1.807, 2.05) is 0 Å². The summed E-state index contributed by atoms with van der Waals surface area (Å²) in [6.07, 6.45) is 11.2. The maximum Gasteiger partial charge on any atom is 0.243 e. The second-order valence-corrected chi connectivity index (χ2v) is 10.8. The first-order valence-corrected chi connectivity index (χ1v) is 13.2. The van der Waals surface area contributed by atoms with Gasteiger partial charge in [0.2, 0.25) is 21.8 Å². The number of carbonyl (C=O) groups is 2. The minimum Gasteiger partial charge on any atom is -0.349 e. The number of nitrogens with zero attached hydrogens (tertiary/aromatic N) is 1. The summed E-state index contributed by atoms with van der Waals surface area (Å²) in [6, 6.07) is 6.11. The zero-order chi connectivity index (χ0) is 23.0. The normalized spacial score (nSPS) is 20.8. The van der Waals surface area contributed by atoms with Gasteiger partial charge in [0.1, 0.15) is 0 Å². The van der Waals surface area contributed by atoms with E-state index in [0.29, 0.717) is 24.6 Å². The van der Waals surface area contributed by atoms with Crippen LogP contribution >= 0.6 is 0 Å². The van der Waals surface area contributed by atoms with Crippen LogP contribution in [0.3, 0.4) is 0 Å². The van der Waals surface area contributed by atoms with Crippen molar-refractivity contribution in [2.75, 3.05) is 18.4 Å². The first kappa shape index (κ1) is 24.5. The third-order valence-corrected chi connectivity index (χ3v) is 8.33. The largest absolute Gasteiger partial charge is 0.349 e. The third-order valence-electron chi connectivity index (χ3n) is 6.45. The lowest BCUT2D eigenvalue weighted by atomic mass is 9.86. The van der Waals surface area contributed by atoms with Gasteiger partial charge in [-0.1, -0.05) is 45.1 Å². The molecule has 1 saturated carbocycles. The van der Waals surface area contributed by atoms with Crippen molar-refractivity contribution >= 4 is 27.5 Å². The quantitative estimate of drug-likeness (QED) is 0.575. The molecular formula is C24H35N3O4S. The number of hydrogen-bond donors (Lipinski definition) is 2. The molecule has 0 spiro atoms. The average molecular weight is 462 g/mol. The molecule has 0 aromatic heterocycles. The maximum atomic E-state index is 13.2. The smallest absolute Gasteiger partial charge is 0.243 e. The zero-order valence-electron chi connectivity index (χ0n) is 18.7. The van der Waals surface area contributed by atoms with Crippen LogP contribution in [0.15, 0.2) is 41.8 Å². The summed E-state index contributed by atoms with van der Waals surface area (Å²) in [7, 11) is -3.69. The van der Waals surface area contributed by atoms with Crippen LogP contribution in [0.5, 0.6) is 0 Å². The molecule has 2 amide bonds. The van der Waals surface area contributed by atoms with Crippen molar-refractivity contribution in [3.8, 4) is 0 Å². The first-order valence-electron chi connectivity index (χ1n) is 11.7. The number of benzene rings is 1. The molecule has 1 unspecified atom stereocenters. The molecule has 1 aliphatic carbocycles. The van der Waals surface area contributed by atoms with Gasteiger partial charge in [-0.25, -0.2) is 8.42 Å². The van der Waals surface area contributed by atoms with Crippen LogP contribution in [-0.4, -0.2) is 43.7 Å². The molecule has 0 bridgehead atoms. The number of rotatable bonds is 8. The molecule has 1 aromatic rings. The SMILES string of the molecule is C=CC(=O)NC1CCCCN(S(=O)(=O)c2ccc(NC(=O)CCC3CCCCC3)cc2)C1. The molecule has 2 fully saturated rings. The highest BCUT2D eigenvalue weighted by atomic mass is 32.2. The second kappa shape index (κ2) is 11.6. The molecule has 2 N–H and O–H groups in total. The van der Waals surface area contributed by atoms with E-state index in [1.54, 1.807) is 12.1 Å². The molecular weight excluding hydrogens is 426 g/mol. The second-order valence-electron chi connectivity index (χ2n) is 8.88. The molecule has 1 saturated heterocycles. The van der Waals surface area contributed by atoms with Gasteiger partial charge in [0.25, 0.3) is 0 Å². The Morgan fingerprint density at radius 1 is 1.03 bits per heavy atom. The van der Waals surface area contributed by atoms with Crippen molar-refractivity contribution in [3.63, 3.8) is 0 Å². The van der Waals surface area contributed by atoms with Gasteiger partial charge in [-0.2, -0.15) is 4.31 Å². The van der Waals surface area contributed by atoms with Crippen molar-refractivity contribution in [1.29, 1.82) is 0 Å². The van der Waals surface area contributed by atoms with Crippen LogP contribution in [0.25, 0.3) is 0 Å². The van der Waals surface area contributed by atoms with E-state index in [-0.39, 0.29) is 29.3 Å². The van der Waals surface area contributed by atoms with Crippen molar-refractivity contribution < 1.29 is 18.0 Å². The Balaban J connectivity index is 1.57. The van der Waals surface area contributed by atoms with E-state index >= 15 is 0 Å². The van der Waals surface area contributed by atoms with Crippen LogP contribution in [0.1, 0.15) is 64.2 Å². The van der Waals surface area contributed by atoms with Gasteiger partial charge < -0.3 is 10.6 Å². The topological polar surface area (TPSA) is 95.6 Å². The summed E-state index contributed by atoms with van der Waals surface area (Å²) in [5.41, 5.74) is 0.601. The van der Waals surface area contributed by atoms with Crippen molar-refractivity contribution in [1.82, 2.24) is 9.62 Å². The summed E-state index contributed by atoms with van der Waals surface area (Å²) in [4.78, 5) is 24.1. The van der Waals surface area contributed by atoms with Gasteiger partial charge in [-0.05, 0) is 55.5 Å². The number of amides is 2. The summed E-state index contributed by atoms with van der Waals surface area (Å²) < 4.78 is 27.8. The third kappa shape index (κ3) is 6.90. The number of hydrogen-bond acceptors (Lipinski definition) is 4. The van der Waals surface area contributed by atoms with Crippen LogP contribution in [-0.2, 0) is 19.6 Å². The molecule has 1 aliphatic heterocycles. The first-order chi connectivity index (χ1) is 15.4. The highest BCUT2D eigenvalue weighted by Gasteiger charge is 2.29. The lowest BCUT2D eigenvalue weighted by molar-refractivity contribution is -0.117. The van der Waals surface area contributed by atoms with Crippen LogP contribution < -0.4 is 10.6 Å². The lowest BCUT2D eigenvalue weighted by Gasteiger charge is -2.24. The number of anilines is 1. The molecule has 1 heterocycles. The Morgan fingerprint density at radius 3 is 2.41 bits per heavy atom. The van der Waals surface area contributed by atoms with Crippen LogP contribution in [0.2, 0.25) is 0 Å². The predicted octanol–water partition coefficient (Wildman–Crippen LogP) is 3.83. The van der Waals surface area contributed by atoms with Gasteiger partial charge in [0.15, 0.2) is 0 Å². The molecule has 0 radical (unpaired) electrons. The van der Waals surface area contributed by atoms with E-state index in [2.05, 4.69) is 17.2 Å². The predicted molar refractivity (Wildman–Crippen MR) is 126 cm³/mol. The summed E-state index contributed by atoms with van der Waals surface area (Å²) >= 11 is 0. The Kier molecular flexibility index (Phi) is 8.87. The van der Waals surface area contributed by atoms with E-state index in [9.17, 15) is 18.0 Å². The Labute approximate surface area is 191 Å². The Morgan fingerprint density at radius 2 is 1.72 bits per heavy atom. The van der Waals surface area contributed by atoms with E-state index in [1.165, 1.54) is 54.6 Å². The van der Waals surface area contributed by atoms with Gasteiger partial charge in [0.05, 0.1) is 4.90 Å². The van der Waals surface area contributed by atoms with Gasteiger partial charge in [-0.15, -0.1) is 0 Å². The van der Waals surface area contributed by atoms with Crippen LogP contribution in [0.4, 0.5) is 5.69 Å². The maximum absolute atomic E-state index is 13.2. The number of nitrogens with one attached hydrogen (secondary N) is 2. The van der Waals surface area contributed by atoms with Crippen molar-refractivity contribution in [2.45, 2.75) is 75.1 Å². The molecule has 2 aliphatic rings. The van der Waals surface area contributed by atoms with Gasteiger partial charge in [-0.3, -0.25) is 9.59 Å². The Hall–Kier alpha value is -2.19. The monoisotopic (exact) mass is 461 g/mol. The summed E-state index contributed by atoms with van der Waals surface area (Å²) in [5.74, 6) is 0.327. The van der Waals surface area contributed by atoms with Gasteiger partial charge >= 0.3 is 0 Å². The molecule has 176 valence electrons. The fraction of sp³-hybridized carbons (Fsp3) is 0.583. The fourth-order valence-electron chi connectivity index (χ4n) is 4.60. The lowest BCUT2D eigenvalue weighted by Crippen LogP contribution is -2.44. The summed E-state index contributed by atoms with van der Waals surface area (Å²) in [6.45, 7) is 4.11. The molecule has 7 nitrogen and oxygen atoms in total. The Bertz CT molecular complexity index is 892. The zero-order valence-corrected chi connectivity index (χ0v) is 19.5. The highest BCUT2D eigenvalue weighted by Crippen LogP contribution is 2.27. The highest BCUT2D eigenvalue weighted by molar-refractivity contribution is 7.89. The van der Waals surface area contributed by atoms with Crippen molar-refractivity contribution in [3.05, 3.63) is 36.9 Å². The summed E-state index contributed by atoms with van der Waals surface area (Å²) in [5, 5.41) is 5.70.